The van der Waals surface area contributed by atoms with Crippen LogP contribution in [-0.2, 0) is 0 Å². The molecule has 2 nitrogen and oxygen atoms in total. The highest BCUT2D eigenvalue weighted by molar-refractivity contribution is 5.17. The number of halogens is 1. The van der Waals surface area contributed by atoms with E-state index < -0.39 is 0 Å². The Balaban J connectivity index is 3.04. The van der Waals surface area contributed by atoms with Gasteiger partial charge in [-0.2, -0.15) is 0 Å². The SMILES string of the molecule is C=CC(N)c1ccc(F)c(C)n1. The Labute approximate surface area is 70.9 Å². The van der Waals surface area contributed by atoms with Gasteiger partial charge in [0.1, 0.15) is 5.82 Å². The third kappa shape index (κ3) is 1.68. The summed E-state index contributed by atoms with van der Waals surface area (Å²) in [7, 11) is 0. The maximum Gasteiger partial charge on any atom is 0.144 e. The molecule has 0 spiro atoms. The van der Waals surface area contributed by atoms with E-state index >= 15 is 0 Å². The molecule has 0 radical (unpaired) electrons. The molecule has 0 saturated heterocycles. The Bertz CT molecular complexity index is 297. The number of pyridine rings is 1. The van der Waals surface area contributed by atoms with Crippen LogP contribution in [0.4, 0.5) is 4.39 Å². The molecule has 1 aromatic rings. The van der Waals surface area contributed by atoms with Crippen LogP contribution in [0.5, 0.6) is 0 Å². The number of rotatable bonds is 2. The van der Waals surface area contributed by atoms with Gasteiger partial charge in [0.25, 0.3) is 0 Å². The molecule has 2 N–H and O–H groups in total. The van der Waals surface area contributed by atoms with Crippen LogP contribution in [0.15, 0.2) is 24.8 Å². The van der Waals surface area contributed by atoms with Crippen molar-refractivity contribution in [3.63, 3.8) is 0 Å². The molecule has 0 aliphatic rings. The van der Waals surface area contributed by atoms with Crippen molar-refractivity contribution in [1.82, 2.24) is 4.98 Å². The molecule has 1 rings (SSSR count). The average Bonchev–Trinajstić information content (AvgIpc) is 2.08. The van der Waals surface area contributed by atoms with Crippen LogP contribution in [0, 0.1) is 12.7 Å². The van der Waals surface area contributed by atoms with Crippen molar-refractivity contribution in [3.8, 4) is 0 Å². The van der Waals surface area contributed by atoms with E-state index in [1.54, 1.807) is 19.1 Å². The summed E-state index contributed by atoms with van der Waals surface area (Å²) >= 11 is 0. The lowest BCUT2D eigenvalue weighted by Crippen LogP contribution is -2.09. The fraction of sp³-hybridized carbons (Fsp3) is 0.222. The van der Waals surface area contributed by atoms with Crippen molar-refractivity contribution in [2.45, 2.75) is 13.0 Å². The van der Waals surface area contributed by atoms with Gasteiger partial charge >= 0.3 is 0 Å². The normalized spacial score (nSPS) is 12.6. The summed E-state index contributed by atoms with van der Waals surface area (Å²) < 4.78 is 12.7. The van der Waals surface area contributed by atoms with Gasteiger partial charge in [-0.15, -0.1) is 6.58 Å². The zero-order chi connectivity index (χ0) is 9.14. The minimum absolute atomic E-state index is 0.310. The minimum atomic E-state index is -0.315. The first-order valence-corrected chi connectivity index (χ1v) is 3.66. The highest BCUT2D eigenvalue weighted by Gasteiger charge is 2.04. The predicted octanol–water partition coefficient (Wildman–Crippen LogP) is 1.71. The quantitative estimate of drug-likeness (QED) is 0.679. The zero-order valence-corrected chi connectivity index (χ0v) is 6.92. The van der Waals surface area contributed by atoms with Crippen molar-refractivity contribution in [3.05, 3.63) is 42.0 Å². The van der Waals surface area contributed by atoms with Crippen LogP contribution < -0.4 is 5.73 Å². The maximum atomic E-state index is 12.7. The van der Waals surface area contributed by atoms with E-state index in [2.05, 4.69) is 11.6 Å². The predicted molar refractivity (Wildman–Crippen MR) is 46.1 cm³/mol. The lowest BCUT2D eigenvalue weighted by atomic mass is 10.2. The van der Waals surface area contributed by atoms with E-state index in [1.165, 1.54) is 6.07 Å². The van der Waals surface area contributed by atoms with Gasteiger partial charge in [-0.3, -0.25) is 4.98 Å². The summed E-state index contributed by atoms with van der Waals surface area (Å²) in [5, 5.41) is 0. The molecule has 3 heteroatoms. The summed E-state index contributed by atoms with van der Waals surface area (Å²) in [4.78, 5) is 3.97. The number of nitrogens with zero attached hydrogens (tertiary/aromatic N) is 1. The van der Waals surface area contributed by atoms with Gasteiger partial charge in [0.15, 0.2) is 0 Å². The van der Waals surface area contributed by atoms with Crippen molar-refractivity contribution >= 4 is 0 Å². The number of nitrogens with two attached hydrogens (primary N) is 1. The second-order valence-corrected chi connectivity index (χ2v) is 2.56. The van der Waals surface area contributed by atoms with Gasteiger partial charge < -0.3 is 5.73 Å². The first kappa shape index (κ1) is 8.87. The minimum Gasteiger partial charge on any atom is -0.319 e. The monoisotopic (exact) mass is 166 g/mol. The fourth-order valence-electron chi connectivity index (χ4n) is 0.870. The molecule has 0 aliphatic carbocycles. The van der Waals surface area contributed by atoms with Crippen molar-refractivity contribution in [2.75, 3.05) is 0 Å². The Morgan fingerprint density at radius 2 is 2.33 bits per heavy atom. The number of aryl methyl sites for hydroxylation is 1. The Hall–Kier alpha value is -1.22. The van der Waals surface area contributed by atoms with Gasteiger partial charge in [-0.25, -0.2) is 4.39 Å². The molecule has 12 heavy (non-hydrogen) atoms. The van der Waals surface area contributed by atoms with E-state index in [9.17, 15) is 4.39 Å². The molecule has 0 aromatic carbocycles. The Morgan fingerprint density at radius 3 is 2.83 bits per heavy atom. The van der Waals surface area contributed by atoms with E-state index in [1.807, 2.05) is 0 Å². The summed E-state index contributed by atoms with van der Waals surface area (Å²) in [6.45, 7) is 5.14. The van der Waals surface area contributed by atoms with Crippen LogP contribution in [-0.4, -0.2) is 4.98 Å². The van der Waals surface area contributed by atoms with Crippen molar-refractivity contribution < 1.29 is 4.39 Å². The zero-order valence-electron chi connectivity index (χ0n) is 6.92. The summed E-state index contributed by atoms with van der Waals surface area (Å²) in [6, 6.07) is 2.61. The molecule has 1 unspecified atom stereocenters. The summed E-state index contributed by atoms with van der Waals surface area (Å²) in [6.07, 6.45) is 1.57. The standard InChI is InChI=1S/C9H11FN2/c1-3-8(11)9-5-4-7(10)6(2)12-9/h3-5,8H,1,11H2,2H3. The van der Waals surface area contributed by atoms with E-state index in [0.29, 0.717) is 11.4 Å². The number of hydrogen-bond donors (Lipinski definition) is 1. The molecular formula is C9H11FN2. The highest BCUT2D eigenvalue weighted by Crippen LogP contribution is 2.10. The maximum absolute atomic E-state index is 12.7. The first-order valence-electron chi connectivity index (χ1n) is 3.66. The molecule has 0 saturated carbocycles. The summed E-state index contributed by atoms with van der Waals surface area (Å²) in [5.41, 5.74) is 6.62. The van der Waals surface area contributed by atoms with Gasteiger partial charge in [-0.05, 0) is 19.1 Å². The van der Waals surface area contributed by atoms with Crippen LogP contribution in [0.3, 0.4) is 0 Å². The molecule has 0 fully saturated rings. The average molecular weight is 166 g/mol. The molecule has 0 aliphatic heterocycles. The molecule has 1 heterocycles. The van der Waals surface area contributed by atoms with Gasteiger partial charge in [-0.1, -0.05) is 6.08 Å². The van der Waals surface area contributed by atoms with Gasteiger partial charge in [0.2, 0.25) is 0 Å². The Kier molecular flexibility index (Phi) is 2.55. The first-order chi connectivity index (χ1) is 5.65. The van der Waals surface area contributed by atoms with Crippen molar-refractivity contribution in [1.29, 1.82) is 0 Å². The molecule has 64 valence electrons. The van der Waals surface area contributed by atoms with E-state index in [0.717, 1.165) is 0 Å². The Morgan fingerprint density at radius 1 is 1.67 bits per heavy atom. The number of aromatic nitrogens is 1. The van der Waals surface area contributed by atoms with Crippen LogP contribution in [0.25, 0.3) is 0 Å². The van der Waals surface area contributed by atoms with E-state index in [4.69, 9.17) is 5.73 Å². The largest absolute Gasteiger partial charge is 0.319 e. The highest BCUT2D eigenvalue weighted by atomic mass is 19.1. The van der Waals surface area contributed by atoms with Crippen molar-refractivity contribution in [2.24, 2.45) is 5.73 Å². The van der Waals surface area contributed by atoms with E-state index in [-0.39, 0.29) is 11.9 Å². The smallest absolute Gasteiger partial charge is 0.144 e. The molecule has 1 aromatic heterocycles. The molecule has 1 atom stereocenters. The van der Waals surface area contributed by atoms with Crippen LogP contribution in [0.1, 0.15) is 17.4 Å². The second kappa shape index (κ2) is 3.45. The topological polar surface area (TPSA) is 38.9 Å². The molecule has 0 bridgehead atoms. The van der Waals surface area contributed by atoms with Crippen LogP contribution >= 0.6 is 0 Å². The lowest BCUT2D eigenvalue weighted by molar-refractivity contribution is 0.605. The van der Waals surface area contributed by atoms with Crippen LogP contribution in [0.2, 0.25) is 0 Å². The third-order valence-electron chi connectivity index (χ3n) is 1.64. The molecular weight excluding hydrogens is 155 g/mol. The van der Waals surface area contributed by atoms with Gasteiger partial charge in [0.05, 0.1) is 17.4 Å². The lowest BCUT2D eigenvalue weighted by Gasteiger charge is -2.05. The second-order valence-electron chi connectivity index (χ2n) is 2.56. The molecule has 0 amide bonds. The number of hydrogen-bond acceptors (Lipinski definition) is 2. The van der Waals surface area contributed by atoms with Gasteiger partial charge in [0, 0.05) is 0 Å². The summed E-state index contributed by atoms with van der Waals surface area (Å²) in [5.74, 6) is -0.310. The third-order valence-corrected chi connectivity index (χ3v) is 1.64. The fourth-order valence-corrected chi connectivity index (χ4v) is 0.870.